The van der Waals surface area contributed by atoms with E-state index in [0.717, 1.165) is 61.0 Å². The summed E-state index contributed by atoms with van der Waals surface area (Å²) in [6.45, 7) is 10.7. The highest BCUT2D eigenvalue weighted by atomic mass is 32.2. The molecule has 4 rings (SSSR count). The summed E-state index contributed by atoms with van der Waals surface area (Å²) in [5.74, 6) is -0.0217. The molecule has 2 aliphatic rings. The highest BCUT2D eigenvalue weighted by Gasteiger charge is 2.30. The number of hydrogen-bond donors (Lipinski definition) is 1. The van der Waals surface area contributed by atoms with Crippen LogP contribution in [0.3, 0.4) is 0 Å². The molecule has 2 saturated heterocycles. The first-order valence-electron chi connectivity index (χ1n) is 13.6. The molecule has 2 aromatic rings. The number of nitrogens with zero attached hydrogens (tertiary/aromatic N) is 2. The van der Waals surface area contributed by atoms with E-state index in [9.17, 15) is 17.6 Å². The first kappa shape index (κ1) is 28.5. The number of hydrogen-bond acceptors (Lipinski definition) is 5. The van der Waals surface area contributed by atoms with Crippen molar-refractivity contribution in [1.82, 2.24) is 14.5 Å². The van der Waals surface area contributed by atoms with Crippen LogP contribution in [0, 0.1) is 33.5 Å². The Hall–Kier alpha value is -2.49. The van der Waals surface area contributed by atoms with Gasteiger partial charge in [-0.05, 0) is 87.8 Å². The van der Waals surface area contributed by atoms with Crippen molar-refractivity contribution < 1.29 is 22.3 Å². The zero-order chi connectivity index (χ0) is 27.4. The van der Waals surface area contributed by atoms with Gasteiger partial charge in [-0.15, -0.1) is 0 Å². The van der Waals surface area contributed by atoms with Crippen LogP contribution in [0.25, 0.3) is 0 Å². The second-order valence-corrected chi connectivity index (χ2v) is 12.3. The average molecular weight is 546 g/mol. The molecule has 2 aromatic carbocycles. The molecule has 7 nitrogen and oxygen atoms in total. The zero-order valence-electron chi connectivity index (χ0n) is 22.9. The number of carbonyl (C=O) groups is 1. The minimum absolute atomic E-state index is 0.0167. The summed E-state index contributed by atoms with van der Waals surface area (Å²) in [7, 11) is -3.70. The third-order valence-electron chi connectivity index (χ3n) is 8.14. The fraction of sp³-hybridized carbons (Fsp3) is 0.552. The molecular formula is C29H40FN3O4S. The minimum atomic E-state index is -3.70. The van der Waals surface area contributed by atoms with Crippen LogP contribution < -0.4 is 9.46 Å². The molecule has 0 bridgehead atoms. The molecule has 9 heteroatoms. The number of carbonyl (C=O) groups excluding carboxylic acids is 1. The van der Waals surface area contributed by atoms with Gasteiger partial charge in [0.15, 0.2) is 11.6 Å². The Labute approximate surface area is 226 Å². The van der Waals surface area contributed by atoms with Gasteiger partial charge in [0.1, 0.15) is 6.10 Å². The molecule has 2 heterocycles. The van der Waals surface area contributed by atoms with E-state index >= 15 is 0 Å². The molecule has 0 atom stereocenters. The zero-order valence-corrected chi connectivity index (χ0v) is 23.7. The molecular weight excluding hydrogens is 505 g/mol. The van der Waals surface area contributed by atoms with Gasteiger partial charge in [-0.3, -0.25) is 9.69 Å². The molecule has 0 aromatic heterocycles. The van der Waals surface area contributed by atoms with Crippen molar-refractivity contribution >= 4 is 15.9 Å². The fourth-order valence-corrected chi connectivity index (χ4v) is 7.31. The first-order valence-corrected chi connectivity index (χ1v) is 15.0. The minimum Gasteiger partial charge on any atom is -0.487 e. The fourth-order valence-electron chi connectivity index (χ4n) is 5.67. The van der Waals surface area contributed by atoms with Crippen LogP contribution in [0.4, 0.5) is 4.39 Å². The Balaban J connectivity index is 1.20. The maximum absolute atomic E-state index is 13.9. The van der Waals surface area contributed by atoms with E-state index in [1.54, 1.807) is 18.2 Å². The summed E-state index contributed by atoms with van der Waals surface area (Å²) >= 11 is 0. The number of benzene rings is 2. The van der Waals surface area contributed by atoms with E-state index < -0.39 is 10.0 Å². The molecule has 2 fully saturated rings. The summed E-state index contributed by atoms with van der Waals surface area (Å²) in [6.07, 6.45) is 3.67. The van der Waals surface area contributed by atoms with Crippen LogP contribution in [0.15, 0.2) is 35.2 Å². The van der Waals surface area contributed by atoms with E-state index in [2.05, 4.69) is 9.62 Å². The Morgan fingerprint density at radius 3 is 2.18 bits per heavy atom. The number of aryl methyl sites for hydroxylation is 2. The average Bonchev–Trinajstić information content (AvgIpc) is 2.89. The van der Waals surface area contributed by atoms with Crippen LogP contribution in [0.1, 0.15) is 54.4 Å². The highest BCUT2D eigenvalue weighted by molar-refractivity contribution is 7.89. The predicted molar refractivity (Wildman–Crippen MR) is 146 cm³/mol. The molecule has 0 spiro atoms. The van der Waals surface area contributed by atoms with E-state index in [1.165, 1.54) is 6.07 Å². The van der Waals surface area contributed by atoms with Gasteiger partial charge >= 0.3 is 0 Å². The SMILES string of the molecule is Cc1cc(C)c(C)c(S(=O)(=O)NCCC(=O)N2CCC(N3CCC(Oc4ccccc4F)CC3)CC2)c1C. The molecule has 2 aliphatic heterocycles. The van der Waals surface area contributed by atoms with Gasteiger partial charge in [-0.25, -0.2) is 17.5 Å². The van der Waals surface area contributed by atoms with Crippen molar-refractivity contribution in [3.05, 3.63) is 58.4 Å². The third-order valence-corrected chi connectivity index (χ3v) is 9.87. The second-order valence-electron chi connectivity index (χ2n) is 10.6. The summed E-state index contributed by atoms with van der Waals surface area (Å²) < 4.78 is 48.5. The maximum Gasteiger partial charge on any atom is 0.241 e. The van der Waals surface area contributed by atoms with Crippen molar-refractivity contribution in [2.24, 2.45) is 0 Å². The number of likely N-dealkylation sites (tertiary alicyclic amines) is 2. The number of nitrogens with one attached hydrogen (secondary N) is 1. The lowest BCUT2D eigenvalue weighted by Crippen LogP contribution is -2.50. The molecule has 0 unspecified atom stereocenters. The molecule has 208 valence electrons. The Morgan fingerprint density at radius 2 is 1.58 bits per heavy atom. The number of amides is 1. The summed E-state index contributed by atoms with van der Waals surface area (Å²) in [5.41, 5.74) is 3.37. The number of halogens is 1. The summed E-state index contributed by atoms with van der Waals surface area (Å²) in [6, 6.07) is 8.95. The standard InChI is InChI=1S/C29H40FN3O4S/c1-20-19-21(2)23(4)29(22(20)3)38(35,36)31-14-9-28(34)33-15-10-24(11-16-33)32-17-12-25(13-18-32)37-27-8-6-5-7-26(27)30/h5-8,19,24-25,31H,9-18H2,1-4H3. The lowest BCUT2D eigenvalue weighted by Gasteiger charge is -2.41. The number of para-hydroxylation sites is 1. The smallest absolute Gasteiger partial charge is 0.241 e. The molecule has 0 aliphatic carbocycles. The van der Waals surface area contributed by atoms with Crippen molar-refractivity contribution in [3.63, 3.8) is 0 Å². The molecule has 0 radical (unpaired) electrons. The molecule has 1 N–H and O–H groups in total. The number of piperidine rings is 2. The van der Waals surface area contributed by atoms with Crippen LogP contribution in [-0.2, 0) is 14.8 Å². The van der Waals surface area contributed by atoms with Crippen molar-refractivity contribution in [2.75, 3.05) is 32.7 Å². The summed E-state index contributed by atoms with van der Waals surface area (Å²) in [4.78, 5) is 17.5. The second kappa shape index (κ2) is 12.1. The first-order chi connectivity index (χ1) is 18.1. The Kier molecular flexibility index (Phi) is 9.11. The lowest BCUT2D eigenvalue weighted by atomic mass is 9.98. The van der Waals surface area contributed by atoms with E-state index in [-0.39, 0.29) is 30.8 Å². The van der Waals surface area contributed by atoms with Gasteiger partial charge < -0.3 is 9.64 Å². The van der Waals surface area contributed by atoms with Crippen LogP contribution in [0.2, 0.25) is 0 Å². The quantitative estimate of drug-likeness (QED) is 0.536. The molecule has 38 heavy (non-hydrogen) atoms. The maximum atomic E-state index is 13.9. The highest BCUT2D eigenvalue weighted by Crippen LogP contribution is 2.27. The van der Waals surface area contributed by atoms with Crippen molar-refractivity contribution in [1.29, 1.82) is 0 Å². The third kappa shape index (κ3) is 6.55. The summed E-state index contributed by atoms with van der Waals surface area (Å²) in [5, 5.41) is 0. The van der Waals surface area contributed by atoms with Gasteiger partial charge in [0.25, 0.3) is 0 Å². The van der Waals surface area contributed by atoms with Crippen molar-refractivity contribution in [3.8, 4) is 5.75 Å². The molecule has 1 amide bonds. The van der Waals surface area contributed by atoms with Gasteiger partial charge in [0.2, 0.25) is 15.9 Å². The van der Waals surface area contributed by atoms with Gasteiger partial charge in [-0.2, -0.15) is 0 Å². The van der Waals surface area contributed by atoms with E-state index in [0.29, 0.717) is 29.8 Å². The lowest BCUT2D eigenvalue weighted by molar-refractivity contribution is -0.132. The molecule has 0 saturated carbocycles. The van der Waals surface area contributed by atoms with Gasteiger partial charge in [0.05, 0.1) is 4.90 Å². The Bertz CT molecular complexity index is 1220. The topological polar surface area (TPSA) is 79.0 Å². The largest absolute Gasteiger partial charge is 0.487 e. The Morgan fingerprint density at radius 1 is 0.974 bits per heavy atom. The normalized spacial score (nSPS) is 18.1. The van der Waals surface area contributed by atoms with E-state index in [4.69, 9.17) is 4.74 Å². The van der Waals surface area contributed by atoms with Gasteiger partial charge in [-0.1, -0.05) is 18.2 Å². The van der Waals surface area contributed by atoms with Crippen molar-refractivity contribution in [2.45, 2.75) is 76.8 Å². The van der Waals surface area contributed by atoms with Crippen LogP contribution in [-0.4, -0.2) is 69.0 Å². The predicted octanol–water partition coefficient (Wildman–Crippen LogP) is 4.26. The monoisotopic (exact) mass is 545 g/mol. The number of sulfonamides is 1. The van der Waals surface area contributed by atoms with Crippen LogP contribution in [0.5, 0.6) is 5.75 Å². The van der Waals surface area contributed by atoms with E-state index in [1.807, 2.05) is 38.7 Å². The number of rotatable bonds is 8. The number of ether oxygens (including phenoxy) is 1. The van der Waals surface area contributed by atoms with Gasteiger partial charge in [0, 0.05) is 45.2 Å². The van der Waals surface area contributed by atoms with Crippen LogP contribution >= 0.6 is 0 Å².